The molecule has 1 saturated heterocycles. The highest BCUT2D eigenvalue weighted by molar-refractivity contribution is 5.96. The van der Waals surface area contributed by atoms with E-state index in [1.54, 1.807) is 30.5 Å². The number of hydroxylamine groups is 1. The van der Waals surface area contributed by atoms with Crippen LogP contribution in [0.5, 0.6) is 0 Å². The quantitative estimate of drug-likeness (QED) is 0.746. The number of hydrogen-bond acceptors (Lipinski definition) is 8. The number of anilines is 1. The third-order valence-electron chi connectivity index (χ3n) is 4.75. The van der Waals surface area contributed by atoms with Crippen molar-refractivity contribution in [3.63, 3.8) is 0 Å². The molecule has 31 heavy (non-hydrogen) atoms. The standard InChI is InChI=1S/C20H20FN5O5/c1-29-19(27)24-10-14-11-26(20(28)31-14)13-3-4-15(16(21)8-13)12-2-5-17(23-9-12)18-22-6-7-30-25-18/h2-5,8-9,14H,6-7,10-11H2,1H3,(H,22,25)(H,24,27). The van der Waals surface area contributed by atoms with Crippen molar-refractivity contribution in [1.82, 2.24) is 15.8 Å². The van der Waals surface area contributed by atoms with Crippen LogP contribution in [0.25, 0.3) is 11.1 Å². The third kappa shape index (κ3) is 4.56. The van der Waals surface area contributed by atoms with E-state index >= 15 is 0 Å². The second kappa shape index (κ2) is 8.96. The van der Waals surface area contributed by atoms with E-state index in [-0.39, 0.29) is 13.1 Å². The van der Waals surface area contributed by atoms with Crippen molar-refractivity contribution in [3.05, 3.63) is 48.0 Å². The van der Waals surface area contributed by atoms with Gasteiger partial charge in [-0.2, -0.15) is 0 Å². The van der Waals surface area contributed by atoms with E-state index in [2.05, 4.69) is 25.5 Å². The first-order chi connectivity index (χ1) is 15.0. The molecule has 10 nitrogen and oxygen atoms in total. The Morgan fingerprint density at radius 3 is 2.94 bits per heavy atom. The maximum atomic E-state index is 14.8. The van der Waals surface area contributed by atoms with E-state index in [9.17, 15) is 14.0 Å². The lowest BCUT2D eigenvalue weighted by molar-refractivity contribution is 0.0824. The van der Waals surface area contributed by atoms with Gasteiger partial charge in [0.05, 0.1) is 39.0 Å². The molecule has 2 aromatic rings. The summed E-state index contributed by atoms with van der Waals surface area (Å²) in [4.78, 5) is 38.4. The average molecular weight is 429 g/mol. The highest BCUT2D eigenvalue weighted by Gasteiger charge is 2.33. The zero-order valence-electron chi connectivity index (χ0n) is 16.6. The van der Waals surface area contributed by atoms with Crippen LogP contribution in [0.4, 0.5) is 19.7 Å². The summed E-state index contributed by atoms with van der Waals surface area (Å²) in [6.45, 7) is 1.31. The molecule has 0 spiro atoms. The second-order valence-electron chi connectivity index (χ2n) is 6.77. The molecule has 0 aliphatic carbocycles. The molecule has 2 N–H and O–H groups in total. The predicted octanol–water partition coefficient (Wildman–Crippen LogP) is 1.85. The summed E-state index contributed by atoms with van der Waals surface area (Å²) in [5.74, 6) is 0.0184. The summed E-state index contributed by atoms with van der Waals surface area (Å²) in [5, 5.41) is 2.47. The SMILES string of the molecule is COC(=O)NCC1CN(c2ccc(-c3ccc(C4=NCCON4)nc3)c(F)c2)C(=O)O1. The molecule has 162 valence electrons. The minimum absolute atomic E-state index is 0.0959. The van der Waals surface area contributed by atoms with Gasteiger partial charge in [-0.1, -0.05) is 6.07 Å². The number of ether oxygens (including phenoxy) is 2. The van der Waals surface area contributed by atoms with Gasteiger partial charge in [-0.25, -0.2) is 19.5 Å². The summed E-state index contributed by atoms with van der Waals surface area (Å²) >= 11 is 0. The first-order valence-corrected chi connectivity index (χ1v) is 9.53. The van der Waals surface area contributed by atoms with Crippen molar-refractivity contribution >= 4 is 23.7 Å². The number of benzene rings is 1. The van der Waals surface area contributed by atoms with Gasteiger partial charge in [-0.15, -0.1) is 0 Å². The zero-order valence-corrected chi connectivity index (χ0v) is 16.6. The second-order valence-corrected chi connectivity index (χ2v) is 6.77. The number of nitrogens with one attached hydrogen (secondary N) is 2. The maximum absolute atomic E-state index is 14.8. The number of amides is 2. The molecule has 0 radical (unpaired) electrons. The van der Waals surface area contributed by atoms with Crippen LogP contribution >= 0.6 is 0 Å². The molecular formula is C20H20FN5O5. The molecule has 1 unspecified atom stereocenters. The summed E-state index contributed by atoms with van der Waals surface area (Å²) in [6, 6.07) is 7.93. The van der Waals surface area contributed by atoms with Crippen LogP contribution in [0.2, 0.25) is 0 Å². The Morgan fingerprint density at radius 2 is 2.26 bits per heavy atom. The zero-order chi connectivity index (χ0) is 21.8. The first-order valence-electron chi connectivity index (χ1n) is 9.53. The number of cyclic esters (lactones) is 1. The third-order valence-corrected chi connectivity index (χ3v) is 4.75. The predicted molar refractivity (Wildman–Crippen MR) is 108 cm³/mol. The number of pyridine rings is 1. The van der Waals surface area contributed by atoms with Gasteiger partial charge in [0.15, 0.2) is 5.84 Å². The normalized spacial score (nSPS) is 18.1. The number of alkyl carbamates (subject to hydrolysis) is 1. The van der Waals surface area contributed by atoms with Crippen LogP contribution in [-0.2, 0) is 14.3 Å². The number of amidine groups is 1. The molecule has 4 rings (SSSR count). The summed E-state index contributed by atoms with van der Waals surface area (Å²) in [7, 11) is 1.24. The fraction of sp³-hybridized carbons (Fsp3) is 0.300. The fourth-order valence-corrected chi connectivity index (χ4v) is 3.20. The van der Waals surface area contributed by atoms with Crippen molar-refractivity contribution in [1.29, 1.82) is 0 Å². The number of carbonyl (C=O) groups is 2. The van der Waals surface area contributed by atoms with Gasteiger partial charge in [0.2, 0.25) is 0 Å². The Balaban J connectivity index is 1.46. The number of methoxy groups -OCH3 is 1. The molecule has 2 amide bonds. The van der Waals surface area contributed by atoms with Crippen molar-refractivity contribution in [2.24, 2.45) is 4.99 Å². The van der Waals surface area contributed by atoms with Gasteiger partial charge < -0.3 is 14.8 Å². The molecule has 1 aromatic carbocycles. The van der Waals surface area contributed by atoms with E-state index in [0.717, 1.165) is 0 Å². The van der Waals surface area contributed by atoms with Crippen molar-refractivity contribution in [2.45, 2.75) is 6.10 Å². The Hall–Kier alpha value is -3.73. The van der Waals surface area contributed by atoms with Gasteiger partial charge in [0.1, 0.15) is 17.6 Å². The van der Waals surface area contributed by atoms with Crippen LogP contribution in [0.1, 0.15) is 5.69 Å². The number of halogens is 1. The van der Waals surface area contributed by atoms with Crippen molar-refractivity contribution in [2.75, 3.05) is 38.3 Å². The maximum Gasteiger partial charge on any atom is 0.414 e. The molecule has 1 atom stereocenters. The number of hydrogen-bond donors (Lipinski definition) is 2. The highest BCUT2D eigenvalue weighted by atomic mass is 19.1. The lowest BCUT2D eigenvalue weighted by Gasteiger charge is -2.15. The molecule has 0 saturated carbocycles. The number of nitrogens with zero attached hydrogens (tertiary/aromatic N) is 3. The Kier molecular flexibility index (Phi) is 5.94. The van der Waals surface area contributed by atoms with E-state index in [4.69, 9.17) is 9.57 Å². The molecule has 11 heteroatoms. The van der Waals surface area contributed by atoms with Crippen LogP contribution in [0, 0.1) is 5.82 Å². The monoisotopic (exact) mass is 429 g/mol. The molecule has 0 bridgehead atoms. The minimum atomic E-state index is -0.622. The first kappa shape index (κ1) is 20.5. The van der Waals surface area contributed by atoms with Crippen LogP contribution in [0.3, 0.4) is 0 Å². The molecule has 2 aliphatic heterocycles. The lowest BCUT2D eigenvalue weighted by Crippen LogP contribution is -2.34. The highest BCUT2D eigenvalue weighted by Crippen LogP contribution is 2.29. The number of rotatable bonds is 5. The van der Waals surface area contributed by atoms with Gasteiger partial charge in [-0.05, 0) is 24.3 Å². The number of aromatic nitrogens is 1. The van der Waals surface area contributed by atoms with Crippen LogP contribution in [-0.4, -0.2) is 62.5 Å². The topological polar surface area (TPSA) is 114 Å². The molecular weight excluding hydrogens is 409 g/mol. The Morgan fingerprint density at radius 1 is 1.39 bits per heavy atom. The molecule has 1 fully saturated rings. The minimum Gasteiger partial charge on any atom is -0.453 e. The van der Waals surface area contributed by atoms with Gasteiger partial charge in [-0.3, -0.25) is 19.7 Å². The van der Waals surface area contributed by atoms with E-state index in [1.165, 1.54) is 18.1 Å². The van der Waals surface area contributed by atoms with Gasteiger partial charge >= 0.3 is 12.2 Å². The smallest absolute Gasteiger partial charge is 0.414 e. The Bertz CT molecular complexity index is 1010. The lowest BCUT2D eigenvalue weighted by atomic mass is 10.1. The van der Waals surface area contributed by atoms with Crippen molar-refractivity contribution < 1.29 is 28.3 Å². The van der Waals surface area contributed by atoms with Crippen LogP contribution in [0.15, 0.2) is 41.5 Å². The number of carbonyl (C=O) groups excluding carboxylic acids is 2. The van der Waals surface area contributed by atoms with E-state index < -0.39 is 24.1 Å². The molecule has 1 aromatic heterocycles. The average Bonchev–Trinajstić information content (AvgIpc) is 3.18. The summed E-state index contributed by atoms with van der Waals surface area (Å²) < 4.78 is 24.5. The Labute approximate surface area is 177 Å². The van der Waals surface area contributed by atoms with E-state index in [0.29, 0.717) is 41.5 Å². The fourth-order valence-electron chi connectivity index (χ4n) is 3.20. The molecule has 3 heterocycles. The van der Waals surface area contributed by atoms with E-state index in [1.807, 2.05) is 0 Å². The summed E-state index contributed by atoms with van der Waals surface area (Å²) in [6.07, 6.45) is -0.252. The molecule has 2 aliphatic rings. The van der Waals surface area contributed by atoms with Crippen LogP contribution < -0.4 is 15.7 Å². The van der Waals surface area contributed by atoms with Gasteiger partial charge in [0.25, 0.3) is 0 Å². The van der Waals surface area contributed by atoms with Gasteiger partial charge in [0, 0.05) is 17.3 Å². The largest absolute Gasteiger partial charge is 0.453 e. The summed E-state index contributed by atoms with van der Waals surface area (Å²) in [5.41, 5.74) is 4.57. The van der Waals surface area contributed by atoms with Crippen molar-refractivity contribution in [3.8, 4) is 11.1 Å². The number of aliphatic imine (C=N–C) groups is 1.